The molecule has 44 valence electrons. The molecular formula is C5H12OS. The first kappa shape index (κ1) is 7.31. The minimum absolute atomic E-state index is 0.211. The van der Waals surface area contributed by atoms with Crippen LogP contribution in [-0.4, -0.2) is 17.0 Å². The smallest absolute Gasteiger partial charge is 0.0545 e. The maximum atomic E-state index is 8.77. The van der Waals surface area contributed by atoms with Crippen LogP contribution in [0.4, 0.5) is 0 Å². The molecule has 0 aliphatic carbocycles. The Hall–Kier alpha value is 0.310. The van der Waals surface area contributed by atoms with Gasteiger partial charge in [-0.3, -0.25) is 0 Å². The van der Waals surface area contributed by atoms with Gasteiger partial charge in [0.1, 0.15) is 0 Å². The van der Waals surface area contributed by atoms with Gasteiger partial charge in [0.25, 0.3) is 0 Å². The Morgan fingerprint density at radius 3 is 2.00 bits per heavy atom. The molecule has 7 heavy (non-hydrogen) atoms. The summed E-state index contributed by atoms with van der Waals surface area (Å²) in [5.74, 6) is 1.08. The first-order valence-electron chi connectivity index (χ1n) is 2.47. The number of aliphatic hydroxyl groups is 1. The molecule has 0 aliphatic rings. The highest BCUT2D eigenvalue weighted by atomic mass is 32.1. The van der Waals surface area contributed by atoms with Crippen LogP contribution in [0.5, 0.6) is 0 Å². The van der Waals surface area contributed by atoms with Gasteiger partial charge < -0.3 is 5.11 Å². The molecule has 0 aromatic rings. The van der Waals surface area contributed by atoms with E-state index in [-0.39, 0.29) is 6.10 Å². The van der Waals surface area contributed by atoms with Crippen molar-refractivity contribution < 1.29 is 5.11 Å². The standard InChI is InChI=1S/C5H12OS/c1-4(3-7)5(2)6/h4-7H,3H2,1-2H3/t4-,5-/m0/s1. The summed E-state index contributed by atoms with van der Waals surface area (Å²) in [5, 5.41) is 8.77. The van der Waals surface area contributed by atoms with Crippen LogP contribution in [0.2, 0.25) is 0 Å². The van der Waals surface area contributed by atoms with Crippen molar-refractivity contribution in [2.24, 2.45) is 5.92 Å². The minimum Gasteiger partial charge on any atom is -0.393 e. The summed E-state index contributed by atoms with van der Waals surface area (Å²) in [7, 11) is 0. The number of rotatable bonds is 2. The number of hydrogen-bond acceptors (Lipinski definition) is 2. The largest absolute Gasteiger partial charge is 0.393 e. The van der Waals surface area contributed by atoms with Gasteiger partial charge in [-0.15, -0.1) is 0 Å². The van der Waals surface area contributed by atoms with E-state index < -0.39 is 0 Å². The predicted molar refractivity (Wildman–Crippen MR) is 34.7 cm³/mol. The highest BCUT2D eigenvalue weighted by Gasteiger charge is 2.03. The maximum absolute atomic E-state index is 8.77. The van der Waals surface area contributed by atoms with E-state index in [1.54, 1.807) is 6.92 Å². The third-order valence-electron chi connectivity index (χ3n) is 1.11. The van der Waals surface area contributed by atoms with E-state index in [4.69, 9.17) is 5.11 Å². The van der Waals surface area contributed by atoms with Crippen molar-refractivity contribution in [3.8, 4) is 0 Å². The fourth-order valence-corrected chi connectivity index (χ4v) is 0.458. The lowest BCUT2D eigenvalue weighted by atomic mass is 10.1. The zero-order valence-electron chi connectivity index (χ0n) is 4.76. The average molecular weight is 120 g/mol. The molecule has 0 saturated heterocycles. The summed E-state index contributed by atoms with van der Waals surface area (Å²) in [6, 6.07) is 0. The maximum Gasteiger partial charge on any atom is 0.0545 e. The molecule has 0 heterocycles. The normalized spacial score (nSPS) is 18.9. The molecule has 0 fully saturated rings. The van der Waals surface area contributed by atoms with Gasteiger partial charge in [0, 0.05) is 0 Å². The number of thiol groups is 1. The third-order valence-corrected chi connectivity index (χ3v) is 1.69. The number of hydrogen-bond donors (Lipinski definition) is 2. The molecule has 0 bridgehead atoms. The average Bonchev–Trinajstić information content (AvgIpc) is 1.65. The van der Waals surface area contributed by atoms with Gasteiger partial charge in [-0.1, -0.05) is 6.92 Å². The Morgan fingerprint density at radius 2 is 2.00 bits per heavy atom. The Bertz CT molecular complexity index is 45.3. The van der Waals surface area contributed by atoms with E-state index in [2.05, 4.69) is 12.6 Å². The molecule has 1 nitrogen and oxygen atoms in total. The van der Waals surface area contributed by atoms with Crippen molar-refractivity contribution in [3.63, 3.8) is 0 Å². The molecule has 0 amide bonds. The first-order valence-corrected chi connectivity index (χ1v) is 3.10. The molecule has 0 aromatic heterocycles. The third kappa shape index (κ3) is 2.94. The highest BCUT2D eigenvalue weighted by molar-refractivity contribution is 7.80. The van der Waals surface area contributed by atoms with Crippen LogP contribution < -0.4 is 0 Å². The van der Waals surface area contributed by atoms with Crippen LogP contribution in [-0.2, 0) is 0 Å². The lowest BCUT2D eigenvalue weighted by Crippen LogP contribution is -2.13. The summed E-state index contributed by atoms with van der Waals surface area (Å²) < 4.78 is 0. The van der Waals surface area contributed by atoms with Gasteiger partial charge >= 0.3 is 0 Å². The molecule has 0 unspecified atom stereocenters. The monoisotopic (exact) mass is 120 g/mol. The Morgan fingerprint density at radius 1 is 1.57 bits per heavy atom. The van der Waals surface area contributed by atoms with Gasteiger partial charge in [-0.05, 0) is 18.6 Å². The first-order chi connectivity index (χ1) is 3.18. The molecule has 0 spiro atoms. The van der Waals surface area contributed by atoms with Gasteiger partial charge in [0.15, 0.2) is 0 Å². The SMILES string of the molecule is C[C@H](O)[C@@H](C)CS. The van der Waals surface area contributed by atoms with Crippen molar-refractivity contribution in [3.05, 3.63) is 0 Å². The predicted octanol–water partition coefficient (Wildman–Crippen LogP) is 0.933. The van der Waals surface area contributed by atoms with Crippen molar-refractivity contribution in [1.82, 2.24) is 0 Å². The zero-order valence-corrected chi connectivity index (χ0v) is 5.65. The van der Waals surface area contributed by atoms with Crippen molar-refractivity contribution in [1.29, 1.82) is 0 Å². The van der Waals surface area contributed by atoms with Crippen molar-refractivity contribution in [2.75, 3.05) is 5.75 Å². The van der Waals surface area contributed by atoms with Crippen molar-refractivity contribution >= 4 is 12.6 Å². The lowest BCUT2D eigenvalue weighted by Gasteiger charge is -2.09. The molecule has 0 rings (SSSR count). The fourth-order valence-electron chi connectivity index (χ4n) is 0.153. The van der Waals surface area contributed by atoms with E-state index in [1.165, 1.54) is 0 Å². The molecule has 1 N–H and O–H groups in total. The topological polar surface area (TPSA) is 20.2 Å². The lowest BCUT2D eigenvalue weighted by molar-refractivity contribution is 0.147. The fraction of sp³-hybridized carbons (Fsp3) is 1.00. The van der Waals surface area contributed by atoms with Crippen LogP contribution in [0, 0.1) is 5.92 Å². The molecule has 0 aromatic carbocycles. The second-order valence-electron chi connectivity index (χ2n) is 1.90. The van der Waals surface area contributed by atoms with Gasteiger partial charge in [0.05, 0.1) is 6.10 Å². The molecule has 0 saturated carbocycles. The van der Waals surface area contributed by atoms with Crippen LogP contribution in [0.25, 0.3) is 0 Å². The summed E-state index contributed by atoms with van der Waals surface area (Å²) in [5.41, 5.74) is 0. The minimum atomic E-state index is -0.211. The zero-order chi connectivity index (χ0) is 5.86. The second kappa shape index (κ2) is 3.33. The Kier molecular flexibility index (Phi) is 3.48. The molecule has 2 heteroatoms. The van der Waals surface area contributed by atoms with Crippen LogP contribution in [0.1, 0.15) is 13.8 Å². The van der Waals surface area contributed by atoms with Gasteiger partial charge in [-0.2, -0.15) is 12.6 Å². The van der Waals surface area contributed by atoms with Gasteiger partial charge in [0.2, 0.25) is 0 Å². The van der Waals surface area contributed by atoms with Crippen LogP contribution in [0.3, 0.4) is 0 Å². The van der Waals surface area contributed by atoms with E-state index in [0.29, 0.717) is 5.92 Å². The molecular weight excluding hydrogens is 108 g/mol. The number of aliphatic hydroxyl groups excluding tert-OH is 1. The van der Waals surface area contributed by atoms with E-state index in [1.807, 2.05) is 6.92 Å². The second-order valence-corrected chi connectivity index (χ2v) is 2.27. The highest BCUT2D eigenvalue weighted by Crippen LogP contribution is 2.02. The Labute approximate surface area is 50.1 Å². The Balaban J connectivity index is 3.14. The quantitative estimate of drug-likeness (QED) is 0.519. The van der Waals surface area contributed by atoms with E-state index in [9.17, 15) is 0 Å². The van der Waals surface area contributed by atoms with E-state index in [0.717, 1.165) is 5.75 Å². The molecule has 0 aliphatic heterocycles. The molecule has 2 atom stereocenters. The summed E-state index contributed by atoms with van der Waals surface area (Å²) in [4.78, 5) is 0. The van der Waals surface area contributed by atoms with Crippen molar-refractivity contribution in [2.45, 2.75) is 20.0 Å². The summed E-state index contributed by atoms with van der Waals surface area (Å²) >= 11 is 3.99. The summed E-state index contributed by atoms with van der Waals surface area (Å²) in [6.07, 6.45) is -0.211. The summed E-state index contributed by atoms with van der Waals surface area (Å²) in [6.45, 7) is 3.75. The molecule has 0 radical (unpaired) electrons. The van der Waals surface area contributed by atoms with Crippen LogP contribution in [0.15, 0.2) is 0 Å². The van der Waals surface area contributed by atoms with Crippen LogP contribution >= 0.6 is 12.6 Å². The van der Waals surface area contributed by atoms with E-state index >= 15 is 0 Å². The van der Waals surface area contributed by atoms with Gasteiger partial charge in [-0.25, -0.2) is 0 Å².